The Morgan fingerprint density at radius 1 is 1.09 bits per heavy atom. The summed E-state index contributed by atoms with van der Waals surface area (Å²) >= 11 is 1.39. The minimum absolute atomic E-state index is 0.0704. The first kappa shape index (κ1) is 23.4. The first-order valence-electron chi connectivity index (χ1n) is 9.85. The van der Waals surface area contributed by atoms with Crippen molar-refractivity contribution in [1.82, 2.24) is 9.97 Å². The number of carbonyl (C=O) groups excluding carboxylic acids is 1. The highest BCUT2D eigenvalue weighted by Crippen LogP contribution is 2.40. The zero-order valence-corrected chi connectivity index (χ0v) is 18.1. The minimum Gasteiger partial charge on any atom is -0.396 e. The van der Waals surface area contributed by atoms with Crippen molar-refractivity contribution in [3.05, 3.63) is 65.0 Å². The molecule has 2 amide bonds. The van der Waals surface area contributed by atoms with E-state index < -0.39 is 29.3 Å². The van der Waals surface area contributed by atoms with Crippen LogP contribution < -0.4 is 16.4 Å². The van der Waals surface area contributed by atoms with Gasteiger partial charge in [-0.3, -0.25) is 0 Å². The number of aliphatic hydroxyl groups excluding tert-OH is 1. The number of anilines is 3. The summed E-state index contributed by atoms with van der Waals surface area (Å²) in [6.45, 7) is -0.0704. The number of alkyl halides is 3. The Bertz CT molecular complexity index is 1360. The van der Waals surface area contributed by atoms with Crippen molar-refractivity contribution >= 4 is 44.8 Å². The second kappa shape index (κ2) is 9.23. The fourth-order valence-corrected chi connectivity index (χ4v) is 4.54. The summed E-state index contributed by atoms with van der Waals surface area (Å²) in [4.78, 5) is 22.1. The molecule has 0 aliphatic heterocycles. The third-order valence-electron chi connectivity index (χ3n) is 4.90. The summed E-state index contributed by atoms with van der Waals surface area (Å²) in [6.07, 6.45) is -2.92. The fraction of sp³-hybridized carbons (Fsp3) is 0.136. The number of aromatic nitrogens is 2. The summed E-state index contributed by atoms with van der Waals surface area (Å²) in [5, 5.41) is 14.6. The van der Waals surface area contributed by atoms with Gasteiger partial charge in [0.15, 0.2) is 0 Å². The van der Waals surface area contributed by atoms with Crippen molar-refractivity contribution in [1.29, 1.82) is 0 Å². The molecule has 7 nitrogen and oxygen atoms in total. The van der Waals surface area contributed by atoms with E-state index in [9.17, 15) is 27.5 Å². The van der Waals surface area contributed by atoms with Gasteiger partial charge in [-0.15, -0.1) is 11.3 Å². The van der Waals surface area contributed by atoms with Crippen molar-refractivity contribution < 1.29 is 27.5 Å². The van der Waals surface area contributed by atoms with Crippen LogP contribution in [0.3, 0.4) is 0 Å². The Labute approximate surface area is 194 Å². The number of carbonyl (C=O) groups is 1. The van der Waals surface area contributed by atoms with E-state index in [1.54, 1.807) is 24.3 Å². The van der Waals surface area contributed by atoms with E-state index >= 15 is 0 Å². The van der Waals surface area contributed by atoms with E-state index in [1.807, 2.05) is 0 Å². The highest BCUT2D eigenvalue weighted by Gasteiger charge is 2.31. The van der Waals surface area contributed by atoms with Crippen LogP contribution in [0.1, 0.15) is 10.4 Å². The highest BCUT2D eigenvalue weighted by molar-refractivity contribution is 7.19. The molecule has 2 aromatic heterocycles. The Balaban J connectivity index is 1.56. The predicted octanol–water partition coefficient (Wildman–Crippen LogP) is 5.28. The standard InChI is InChI=1S/C22H17F4N5O2S/c23-14-6-3-12(22(24,25)26)9-15(14)31-21(33)30-13-4-1-11(2-5-13)17-16(7-8-32)34-20-18(17)19(27)28-10-29-20/h1-6,9-10,32H,7-8H2,(H2,27,28,29)(H2,30,31,33). The van der Waals surface area contributed by atoms with Gasteiger partial charge in [-0.1, -0.05) is 12.1 Å². The molecule has 2 heterocycles. The predicted molar refractivity (Wildman–Crippen MR) is 122 cm³/mol. The number of urea groups is 1. The molecule has 0 saturated heterocycles. The van der Waals surface area contributed by atoms with Crippen LogP contribution in [0.25, 0.3) is 21.3 Å². The molecule has 0 aliphatic carbocycles. The smallest absolute Gasteiger partial charge is 0.396 e. The van der Waals surface area contributed by atoms with Gasteiger partial charge in [0, 0.05) is 29.2 Å². The maximum Gasteiger partial charge on any atom is 0.416 e. The Morgan fingerprint density at radius 2 is 1.82 bits per heavy atom. The lowest BCUT2D eigenvalue weighted by molar-refractivity contribution is -0.137. The molecule has 0 radical (unpaired) electrons. The number of nitrogens with zero attached hydrogens (tertiary/aromatic N) is 2. The summed E-state index contributed by atoms with van der Waals surface area (Å²) < 4.78 is 52.5. The van der Waals surface area contributed by atoms with Gasteiger partial charge in [0.25, 0.3) is 0 Å². The topological polar surface area (TPSA) is 113 Å². The first-order valence-corrected chi connectivity index (χ1v) is 10.7. The van der Waals surface area contributed by atoms with Crippen molar-refractivity contribution in [2.75, 3.05) is 23.0 Å². The Kier molecular flexibility index (Phi) is 6.35. The SMILES string of the molecule is Nc1ncnc2sc(CCO)c(-c3ccc(NC(=O)Nc4cc(C(F)(F)F)ccc4F)cc3)c12. The van der Waals surface area contributed by atoms with Crippen LogP contribution in [-0.2, 0) is 12.6 Å². The Morgan fingerprint density at radius 3 is 2.50 bits per heavy atom. The monoisotopic (exact) mass is 491 g/mol. The first-order chi connectivity index (χ1) is 16.2. The van der Waals surface area contributed by atoms with Crippen molar-refractivity contribution in [3.8, 4) is 11.1 Å². The van der Waals surface area contributed by atoms with Crippen molar-refractivity contribution in [2.45, 2.75) is 12.6 Å². The molecule has 0 unspecified atom stereocenters. The van der Waals surface area contributed by atoms with Gasteiger partial charge >= 0.3 is 12.2 Å². The maximum absolute atomic E-state index is 13.9. The lowest BCUT2D eigenvalue weighted by Gasteiger charge is -2.12. The average molecular weight is 491 g/mol. The number of hydrogen-bond donors (Lipinski definition) is 4. The minimum atomic E-state index is -4.68. The summed E-state index contributed by atoms with van der Waals surface area (Å²) in [7, 11) is 0. The summed E-state index contributed by atoms with van der Waals surface area (Å²) in [6, 6.07) is 7.39. The number of nitrogens with one attached hydrogen (secondary N) is 2. The van der Waals surface area contributed by atoms with Crippen LogP contribution in [0, 0.1) is 5.82 Å². The van der Waals surface area contributed by atoms with Gasteiger partial charge in [-0.25, -0.2) is 19.2 Å². The van der Waals surface area contributed by atoms with Crippen LogP contribution in [0.2, 0.25) is 0 Å². The lowest BCUT2D eigenvalue weighted by atomic mass is 10.0. The number of hydrogen-bond acceptors (Lipinski definition) is 6. The van der Waals surface area contributed by atoms with Gasteiger partial charge in [-0.05, 0) is 35.9 Å². The van der Waals surface area contributed by atoms with Gasteiger partial charge in [0.2, 0.25) is 0 Å². The third-order valence-corrected chi connectivity index (χ3v) is 6.06. The highest BCUT2D eigenvalue weighted by atomic mass is 32.1. The third kappa shape index (κ3) is 4.77. The molecule has 12 heteroatoms. The molecule has 0 atom stereocenters. The molecule has 0 bridgehead atoms. The fourth-order valence-electron chi connectivity index (χ4n) is 3.39. The Hall–Kier alpha value is -3.77. The number of nitrogens with two attached hydrogens (primary N) is 1. The molecule has 176 valence electrons. The number of aliphatic hydroxyl groups is 1. The largest absolute Gasteiger partial charge is 0.416 e. The normalized spacial score (nSPS) is 11.6. The zero-order chi connectivity index (χ0) is 24.5. The second-order valence-corrected chi connectivity index (χ2v) is 8.25. The number of rotatable bonds is 5. The molecule has 0 aliphatic rings. The molecule has 5 N–H and O–H groups in total. The van der Waals surface area contributed by atoms with E-state index in [0.29, 0.717) is 46.3 Å². The van der Waals surface area contributed by atoms with E-state index in [1.165, 1.54) is 17.7 Å². The van der Waals surface area contributed by atoms with Crippen LogP contribution in [0.15, 0.2) is 48.8 Å². The summed E-state index contributed by atoms with van der Waals surface area (Å²) in [5.41, 5.74) is 6.20. The number of amides is 2. The van der Waals surface area contributed by atoms with Crippen LogP contribution in [0.5, 0.6) is 0 Å². The molecule has 2 aromatic carbocycles. The molecule has 4 rings (SSSR count). The molecule has 34 heavy (non-hydrogen) atoms. The van der Waals surface area contributed by atoms with Gasteiger partial charge < -0.3 is 21.5 Å². The number of halogens is 4. The maximum atomic E-state index is 13.9. The summed E-state index contributed by atoms with van der Waals surface area (Å²) in [5.74, 6) is -0.704. The number of benzene rings is 2. The van der Waals surface area contributed by atoms with Crippen molar-refractivity contribution in [3.63, 3.8) is 0 Å². The molecule has 0 fully saturated rings. The number of thiophene rings is 1. The molecule has 4 aromatic rings. The van der Waals surface area contributed by atoms with E-state index in [4.69, 9.17) is 5.73 Å². The van der Waals surface area contributed by atoms with E-state index in [0.717, 1.165) is 16.0 Å². The van der Waals surface area contributed by atoms with Gasteiger partial charge in [0.05, 0.1) is 16.6 Å². The van der Waals surface area contributed by atoms with Crippen LogP contribution in [-0.4, -0.2) is 27.7 Å². The molecule has 0 saturated carbocycles. The van der Waals surface area contributed by atoms with Gasteiger partial charge in [0.1, 0.15) is 22.8 Å². The molecule has 0 spiro atoms. The molecular weight excluding hydrogens is 474 g/mol. The molecular formula is C22H17F4N5O2S. The van der Waals surface area contributed by atoms with Crippen LogP contribution >= 0.6 is 11.3 Å². The van der Waals surface area contributed by atoms with E-state index in [2.05, 4.69) is 20.6 Å². The average Bonchev–Trinajstić information content (AvgIpc) is 3.15. The van der Waals surface area contributed by atoms with Crippen LogP contribution in [0.4, 0.5) is 39.5 Å². The van der Waals surface area contributed by atoms with Gasteiger partial charge in [-0.2, -0.15) is 13.2 Å². The number of nitrogen functional groups attached to an aromatic ring is 1. The zero-order valence-electron chi connectivity index (χ0n) is 17.3. The number of fused-ring (bicyclic) bond motifs is 1. The van der Waals surface area contributed by atoms with E-state index in [-0.39, 0.29) is 6.61 Å². The second-order valence-electron chi connectivity index (χ2n) is 7.16. The van der Waals surface area contributed by atoms with Crippen molar-refractivity contribution in [2.24, 2.45) is 0 Å². The quantitative estimate of drug-likeness (QED) is 0.284. The lowest BCUT2D eigenvalue weighted by Crippen LogP contribution is -2.20.